The lowest BCUT2D eigenvalue weighted by Crippen LogP contribution is -2.34. The molecule has 0 spiro atoms. The Labute approximate surface area is 68.7 Å². The number of hydrogen-bond donors (Lipinski definition) is 2. The molecule has 1 saturated heterocycles. The minimum absolute atomic E-state index is 0.586. The maximum absolute atomic E-state index is 3.68. The van der Waals surface area contributed by atoms with E-state index in [1.807, 2.05) is 0 Å². The van der Waals surface area contributed by atoms with Crippen molar-refractivity contribution in [2.45, 2.75) is 38.8 Å². The first-order valence-corrected chi connectivity index (χ1v) is 4.65. The smallest absolute Gasteiger partial charge is 0.0207 e. The summed E-state index contributed by atoms with van der Waals surface area (Å²) in [7, 11) is 0. The maximum atomic E-state index is 3.68. The topological polar surface area (TPSA) is 24.1 Å². The molecule has 1 saturated carbocycles. The van der Waals surface area contributed by atoms with Crippen molar-refractivity contribution < 1.29 is 0 Å². The highest BCUT2D eigenvalue weighted by Crippen LogP contribution is 2.44. The highest BCUT2D eigenvalue weighted by molar-refractivity contribution is 5.03. The fourth-order valence-corrected chi connectivity index (χ4v) is 1.83. The molecule has 1 heterocycles. The molecular formula is C9H18N2. The van der Waals surface area contributed by atoms with E-state index in [-0.39, 0.29) is 0 Å². The third kappa shape index (κ3) is 1.57. The molecule has 0 aromatic rings. The molecular weight excluding hydrogens is 136 g/mol. The van der Waals surface area contributed by atoms with Crippen molar-refractivity contribution in [2.75, 3.05) is 13.1 Å². The second kappa shape index (κ2) is 2.46. The van der Waals surface area contributed by atoms with Crippen LogP contribution in [-0.4, -0.2) is 25.2 Å². The zero-order valence-electron chi connectivity index (χ0n) is 7.48. The summed E-state index contributed by atoms with van der Waals surface area (Å²) >= 11 is 0. The van der Waals surface area contributed by atoms with Gasteiger partial charge in [-0.25, -0.2) is 0 Å². The third-order valence-electron chi connectivity index (χ3n) is 3.01. The first-order chi connectivity index (χ1) is 5.18. The van der Waals surface area contributed by atoms with Crippen LogP contribution in [0.4, 0.5) is 0 Å². The average molecular weight is 154 g/mol. The van der Waals surface area contributed by atoms with E-state index in [0.717, 1.165) is 12.1 Å². The minimum atomic E-state index is 0.586. The Hall–Kier alpha value is -0.0800. The van der Waals surface area contributed by atoms with Crippen molar-refractivity contribution in [3.8, 4) is 0 Å². The van der Waals surface area contributed by atoms with Gasteiger partial charge in [-0.15, -0.1) is 0 Å². The van der Waals surface area contributed by atoms with Crippen LogP contribution in [0.25, 0.3) is 0 Å². The second-order valence-electron chi connectivity index (χ2n) is 4.60. The van der Waals surface area contributed by atoms with Crippen LogP contribution < -0.4 is 10.6 Å². The van der Waals surface area contributed by atoms with Crippen molar-refractivity contribution in [1.29, 1.82) is 0 Å². The predicted octanol–water partition coefficient (Wildman–Crippen LogP) is 0.736. The summed E-state index contributed by atoms with van der Waals surface area (Å²) in [6, 6.07) is 1.55. The molecule has 11 heavy (non-hydrogen) atoms. The van der Waals surface area contributed by atoms with Crippen molar-refractivity contribution >= 4 is 0 Å². The molecule has 2 nitrogen and oxygen atoms in total. The fraction of sp³-hybridized carbons (Fsp3) is 1.00. The van der Waals surface area contributed by atoms with Gasteiger partial charge in [0.1, 0.15) is 0 Å². The van der Waals surface area contributed by atoms with Crippen LogP contribution in [0.5, 0.6) is 0 Å². The van der Waals surface area contributed by atoms with Crippen LogP contribution >= 0.6 is 0 Å². The lowest BCUT2D eigenvalue weighted by molar-refractivity contribution is 0.479. The zero-order valence-corrected chi connectivity index (χ0v) is 7.48. The van der Waals surface area contributed by atoms with Gasteiger partial charge in [-0.05, 0) is 24.8 Å². The van der Waals surface area contributed by atoms with Crippen LogP contribution in [0.3, 0.4) is 0 Å². The fourth-order valence-electron chi connectivity index (χ4n) is 1.83. The van der Waals surface area contributed by atoms with Crippen molar-refractivity contribution in [3.63, 3.8) is 0 Å². The first-order valence-electron chi connectivity index (χ1n) is 4.65. The van der Waals surface area contributed by atoms with E-state index in [2.05, 4.69) is 24.5 Å². The lowest BCUT2D eigenvalue weighted by Gasteiger charge is -2.12. The molecule has 1 aliphatic carbocycles. The second-order valence-corrected chi connectivity index (χ2v) is 4.60. The molecule has 0 bridgehead atoms. The molecule has 2 unspecified atom stereocenters. The lowest BCUT2D eigenvalue weighted by atomic mass is 10.1. The summed E-state index contributed by atoms with van der Waals surface area (Å²) < 4.78 is 0. The van der Waals surface area contributed by atoms with E-state index in [4.69, 9.17) is 0 Å². The summed E-state index contributed by atoms with van der Waals surface area (Å²) in [6.07, 6.45) is 2.68. The van der Waals surface area contributed by atoms with E-state index in [1.54, 1.807) is 0 Å². The average Bonchev–Trinajstić information content (AvgIpc) is 2.42. The zero-order chi connectivity index (χ0) is 7.90. The summed E-state index contributed by atoms with van der Waals surface area (Å²) in [6.45, 7) is 7.05. The van der Waals surface area contributed by atoms with Crippen LogP contribution in [-0.2, 0) is 0 Å². The van der Waals surface area contributed by atoms with Gasteiger partial charge in [0.2, 0.25) is 0 Å². The van der Waals surface area contributed by atoms with Gasteiger partial charge in [0.15, 0.2) is 0 Å². The largest absolute Gasteiger partial charge is 0.315 e. The summed E-state index contributed by atoms with van der Waals surface area (Å²) in [5, 5.41) is 7.05. The predicted molar refractivity (Wildman–Crippen MR) is 46.6 cm³/mol. The Morgan fingerprint density at radius 2 is 2.18 bits per heavy atom. The molecule has 0 amide bonds. The molecule has 1 aliphatic heterocycles. The highest BCUT2D eigenvalue weighted by Gasteiger charge is 2.46. The van der Waals surface area contributed by atoms with Crippen LogP contribution in [0.2, 0.25) is 0 Å². The van der Waals surface area contributed by atoms with E-state index < -0.39 is 0 Å². The Morgan fingerprint density at radius 3 is 2.64 bits per heavy atom. The van der Waals surface area contributed by atoms with Crippen LogP contribution in [0.15, 0.2) is 0 Å². The summed E-state index contributed by atoms with van der Waals surface area (Å²) in [5.74, 6) is 0. The SMILES string of the molecule is CC1(C)CC1NC1CCNC1. The summed E-state index contributed by atoms with van der Waals surface area (Å²) in [4.78, 5) is 0. The van der Waals surface area contributed by atoms with Gasteiger partial charge in [-0.3, -0.25) is 0 Å². The quantitative estimate of drug-likeness (QED) is 0.613. The third-order valence-corrected chi connectivity index (χ3v) is 3.01. The van der Waals surface area contributed by atoms with Gasteiger partial charge >= 0.3 is 0 Å². The molecule has 2 aliphatic rings. The van der Waals surface area contributed by atoms with Crippen LogP contribution in [0, 0.1) is 5.41 Å². The van der Waals surface area contributed by atoms with Crippen LogP contribution in [0.1, 0.15) is 26.7 Å². The normalized spacial score (nSPS) is 40.9. The molecule has 2 N–H and O–H groups in total. The molecule has 2 fully saturated rings. The number of hydrogen-bond acceptors (Lipinski definition) is 2. The maximum Gasteiger partial charge on any atom is 0.0207 e. The Balaban J connectivity index is 1.75. The number of rotatable bonds is 2. The summed E-state index contributed by atoms with van der Waals surface area (Å²) in [5.41, 5.74) is 0.586. The van der Waals surface area contributed by atoms with E-state index in [0.29, 0.717) is 5.41 Å². The standard InChI is InChI=1S/C9H18N2/c1-9(2)5-8(9)11-7-3-4-10-6-7/h7-8,10-11H,3-6H2,1-2H3. The Kier molecular flexibility index (Phi) is 1.69. The molecule has 2 heteroatoms. The van der Waals surface area contributed by atoms with E-state index in [1.165, 1.54) is 25.9 Å². The molecule has 64 valence electrons. The van der Waals surface area contributed by atoms with Gasteiger partial charge in [0.25, 0.3) is 0 Å². The van der Waals surface area contributed by atoms with Crippen molar-refractivity contribution in [1.82, 2.24) is 10.6 Å². The molecule has 0 radical (unpaired) electrons. The van der Waals surface area contributed by atoms with Gasteiger partial charge in [-0.2, -0.15) is 0 Å². The van der Waals surface area contributed by atoms with E-state index in [9.17, 15) is 0 Å². The van der Waals surface area contributed by atoms with E-state index >= 15 is 0 Å². The Morgan fingerprint density at radius 1 is 1.45 bits per heavy atom. The van der Waals surface area contributed by atoms with Gasteiger partial charge in [0.05, 0.1) is 0 Å². The van der Waals surface area contributed by atoms with Crippen molar-refractivity contribution in [2.24, 2.45) is 5.41 Å². The monoisotopic (exact) mass is 154 g/mol. The number of nitrogens with one attached hydrogen (secondary N) is 2. The van der Waals surface area contributed by atoms with Gasteiger partial charge in [0, 0.05) is 18.6 Å². The molecule has 2 rings (SSSR count). The highest BCUT2D eigenvalue weighted by atomic mass is 15.1. The molecule has 2 atom stereocenters. The van der Waals surface area contributed by atoms with Crippen molar-refractivity contribution in [3.05, 3.63) is 0 Å². The van der Waals surface area contributed by atoms with Gasteiger partial charge in [-0.1, -0.05) is 13.8 Å². The first kappa shape index (κ1) is 7.56. The minimum Gasteiger partial charge on any atom is -0.315 e. The Bertz CT molecular complexity index is 145. The molecule has 0 aromatic carbocycles. The molecule has 0 aromatic heterocycles. The van der Waals surface area contributed by atoms with Gasteiger partial charge < -0.3 is 10.6 Å².